The molecule has 0 spiro atoms. The number of hydrogen-bond acceptors (Lipinski definition) is 4. The molecule has 1 aliphatic rings. The van der Waals surface area contributed by atoms with Crippen LogP contribution in [-0.2, 0) is 5.41 Å². The summed E-state index contributed by atoms with van der Waals surface area (Å²) in [6, 6.07) is 57.1. The van der Waals surface area contributed by atoms with Gasteiger partial charge < -0.3 is 4.42 Å². The SMILES string of the molecule is CC1(C)c2ccccc2-c2cccc(-c3nc(-c4ccccc4)nc(-c4ccc(-c5ccc6c(c5)oc5cccc(-c7ccccc7)c56)cc4)n3)c21. The fraction of sp³-hybridized carbons (Fsp3) is 0.0625. The lowest BCUT2D eigenvalue weighted by Gasteiger charge is -2.24. The Kier molecular flexibility index (Phi) is 6.80. The quantitative estimate of drug-likeness (QED) is 0.183. The van der Waals surface area contributed by atoms with Crippen LogP contribution in [0.15, 0.2) is 168 Å². The molecule has 9 aromatic rings. The van der Waals surface area contributed by atoms with E-state index in [1.165, 1.54) is 33.4 Å². The molecule has 0 radical (unpaired) electrons. The normalized spacial score (nSPS) is 13.0. The van der Waals surface area contributed by atoms with Gasteiger partial charge in [-0.3, -0.25) is 0 Å². The fourth-order valence-corrected chi connectivity index (χ4v) is 8.05. The average Bonchev–Trinajstić information content (AvgIpc) is 3.70. The molecule has 4 heteroatoms. The van der Waals surface area contributed by atoms with E-state index in [2.05, 4.69) is 147 Å². The van der Waals surface area contributed by atoms with Gasteiger partial charge in [0.15, 0.2) is 17.5 Å². The Hall–Kier alpha value is -6.65. The monoisotopic (exact) mass is 667 g/mol. The average molecular weight is 668 g/mol. The third-order valence-electron chi connectivity index (χ3n) is 10.5. The highest BCUT2D eigenvalue weighted by molar-refractivity contribution is 6.13. The third-order valence-corrected chi connectivity index (χ3v) is 10.5. The van der Waals surface area contributed by atoms with Crippen molar-refractivity contribution in [2.75, 3.05) is 0 Å². The van der Waals surface area contributed by atoms with Gasteiger partial charge in [0, 0.05) is 32.9 Å². The number of fused-ring (bicyclic) bond motifs is 6. The maximum atomic E-state index is 6.42. The number of furan rings is 1. The van der Waals surface area contributed by atoms with Gasteiger partial charge in [-0.25, -0.2) is 15.0 Å². The van der Waals surface area contributed by atoms with Crippen molar-refractivity contribution in [1.82, 2.24) is 15.0 Å². The lowest BCUT2D eigenvalue weighted by Crippen LogP contribution is -2.17. The van der Waals surface area contributed by atoms with Gasteiger partial charge in [0.25, 0.3) is 0 Å². The van der Waals surface area contributed by atoms with Crippen LogP contribution in [0.3, 0.4) is 0 Å². The van der Waals surface area contributed by atoms with E-state index in [4.69, 9.17) is 19.4 Å². The second kappa shape index (κ2) is 11.7. The molecule has 0 aliphatic heterocycles. The van der Waals surface area contributed by atoms with Crippen LogP contribution in [0.4, 0.5) is 0 Å². The first-order valence-corrected chi connectivity index (χ1v) is 17.7. The first-order chi connectivity index (χ1) is 25.5. The molecule has 4 nitrogen and oxygen atoms in total. The summed E-state index contributed by atoms with van der Waals surface area (Å²) in [6.45, 7) is 4.59. The van der Waals surface area contributed by atoms with Crippen molar-refractivity contribution < 1.29 is 4.42 Å². The first-order valence-electron chi connectivity index (χ1n) is 17.7. The van der Waals surface area contributed by atoms with E-state index in [0.29, 0.717) is 17.5 Å². The molecule has 1 aliphatic carbocycles. The lowest BCUT2D eigenvalue weighted by molar-refractivity contribution is 0.661. The van der Waals surface area contributed by atoms with E-state index in [1.54, 1.807) is 0 Å². The molecule has 0 unspecified atom stereocenters. The standard InChI is InChI=1S/C48H33N3O/c1-48(2)40-21-10-9-17-36(40)37-19-11-20-39(44(37)48)47-50-45(32-15-7-4-8-16-32)49-46(51-47)33-25-23-30(24-26-33)34-27-28-38-42(29-34)52-41-22-12-18-35(43(38)41)31-13-5-3-6-14-31/h3-29H,1-2H3. The maximum Gasteiger partial charge on any atom is 0.164 e. The Morgan fingerprint density at radius 2 is 0.962 bits per heavy atom. The van der Waals surface area contributed by atoms with Crippen molar-refractivity contribution >= 4 is 21.9 Å². The smallest absolute Gasteiger partial charge is 0.164 e. The highest BCUT2D eigenvalue weighted by Gasteiger charge is 2.38. The largest absolute Gasteiger partial charge is 0.456 e. The number of aromatic nitrogens is 3. The van der Waals surface area contributed by atoms with E-state index in [0.717, 1.165) is 49.8 Å². The van der Waals surface area contributed by atoms with Crippen molar-refractivity contribution in [2.45, 2.75) is 19.3 Å². The van der Waals surface area contributed by atoms with Gasteiger partial charge in [0.05, 0.1) is 0 Å². The Morgan fingerprint density at radius 3 is 1.73 bits per heavy atom. The fourth-order valence-electron chi connectivity index (χ4n) is 8.05. The molecular formula is C48H33N3O. The summed E-state index contributed by atoms with van der Waals surface area (Å²) in [5.74, 6) is 1.97. The Morgan fingerprint density at radius 1 is 0.404 bits per heavy atom. The summed E-state index contributed by atoms with van der Waals surface area (Å²) in [6.07, 6.45) is 0. The molecule has 0 bridgehead atoms. The van der Waals surface area contributed by atoms with Crippen LogP contribution < -0.4 is 0 Å². The molecule has 0 fully saturated rings. The minimum absolute atomic E-state index is 0.200. The van der Waals surface area contributed by atoms with E-state index < -0.39 is 0 Å². The van der Waals surface area contributed by atoms with Crippen molar-refractivity contribution in [1.29, 1.82) is 0 Å². The van der Waals surface area contributed by atoms with Crippen LogP contribution in [0.5, 0.6) is 0 Å². The van der Waals surface area contributed by atoms with Gasteiger partial charge in [0.1, 0.15) is 11.2 Å². The highest BCUT2D eigenvalue weighted by Crippen LogP contribution is 2.51. The third kappa shape index (κ3) is 4.79. The van der Waals surface area contributed by atoms with Crippen LogP contribution in [0.1, 0.15) is 25.0 Å². The van der Waals surface area contributed by atoms with Crippen LogP contribution in [0, 0.1) is 0 Å². The zero-order valence-electron chi connectivity index (χ0n) is 28.8. The summed E-state index contributed by atoms with van der Waals surface area (Å²) in [4.78, 5) is 15.3. The Labute approximate surface area is 302 Å². The minimum atomic E-state index is -0.200. The molecular weight excluding hydrogens is 635 g/mol. The van der Waals surface area contributed by atoms with Gasteiger partial charge in [-0.15, -0.1) is 0 Å². The van der Waals surface area contributed by atoms with Gasteiger partial charge in [0.2, 0.25) is 0 Å². The zero-order valence-corrected chi connectivity index (χ0v) is 28.8. The van der Waals surface area contributed by atoms with Gasteiger partial charge in [-0.1, -0.05) is 159 Å². The topological polar surface area (TPSA) is 51.8 Å². The maximum absolute atomic E-state index is 6.42. The Bertz CT molecular complexity index is 2800. The summed E-state index contributed by atoms with van der Waals surface area (Å²) >= 11 is 0. The van der Waals surface area contributed by atoms with Crippen molar-refractivity contribution in [3.8, 4) is 67.5 Å². The number of hydrogen-bond donors (Lipinski definition) is 0. The van der Waals surface area contributed by atoms with Crippen LogP contribution in [-0.4, -0.2) is 15.0 Å². The lowest BCUT2D eigenvalue weighted by atomic mass is 9.80. The van der Waals surface area contributed by atoms with Gasteiger partial charge in [-0.2, -0.15) is 0 Å². The molecule has 10 rings (SSSR count). The van der Waals surface area contributed by atoms with Crippen LogP contribution in [0.25, 0.3) is 89.5 Å². The molecule has 0 N–H and O–H groups in total. The van der Waals surface area contributed by atoms with Crippen LogP contribution in [0.2, 0.25) is 0 Å². The predicted molar refractivity (Wildman–Crippen MR) is 212 cm³/mol. The number of nitrogens with zero attached hydrogens (tertiary/aromatic N) is 3. The van der Waals surface area contributed by atoms with E-state index >= 15 is 0 Å². The molecule has 0 atom stereocenters. The summed E-state index contributed by atoms with van der Waals surface area (Å²) in [7, 11) is 0. The minimum Gasteiger partial charge on any atom is -0.456 e. The second-order valence-corrected chi connectivity index (χ2v) is 14.0. The van der Waals surface area contributed by atoms with E-state index in [9.17, 15) is 0 Å². The van der Waals surface area contributed by atoms with Crippen molar-refractivity contribution in [3.63, 3.8) is 0 Å². The highest BCUT2D eigenvalue weighted by atomic mass is 16.3. The van der Waals surface area contributed by atoms with E-state index in [-0.39, 0.29) is 5.41 Å². The summed E-state index contributed by atoms with van der Waals surface area (Å²) < 4.78 is 6.42. The molecule has 2 heterocycles. The summed E-state index contributed by atoms with van der Waals surface area (Å²) in [5, 5.41) is 2.25. The van der Waals surface area contributed by atoms with Crippen LogP contribution >= 0.6 is 0 Å². The molecule has 0 saturated heterocycles. The summed E-state index contributed by atoms with van der Waals surface area (Å²) in [5.41, 5.74) is 14.1. The van der Waals surface area contributed by atoms with Gasteiger partial charge >= 0.3 is 0 Å². The zero-order chi connectivity index (χ0) is 34.8. The molecule has 7 aromatic carbocycles. The van der Waals surface area contributed by atoms with Gasteiger partial charge in [-0.05, 0) is 62.7 Å². The first kappa shape index (κ1) is 30.2. The number of benzene rings is 7. The molecule has 0 saturated carbocycles. The van der Waals surface area contributed by atoms with E-state index in [1.807, 2.05) is 30.3 Å². The molecule has 0 amide bonds. The molecule has 246 valence electrons. The molecule has 52 heavy (non-hydrogen) atoms. The Balaban J connectivity index is 1.06. The van der Waals surface area contributed by atoms with Crippen molar-refractivity contribution in [3.05, 3.63) is 175 Å². The molecule has 2 aromatic heterocycles. The predicted octanol–water partition coefficient (Wildman–Crippen LogP) is 12.4. The number of rotatable bonds is 5. The van der Waals surface area contributed by atoms with Crippen molar-refractivity contribution in [2.24, 2.45) is 0 Å². The second-order valence-electron chi connectivity index (χ2n) is 14.0.